The van der Waals surface area contributed by atoms with Crippen LogP contribution in [0.25, 0.3) is 61.8 Å². The summed E-state index contributed by atoms with van der Waals surface area (Å²) in [5.41, 5.74) is 12.7. The van der Waals surface area contributed by atoms with Crippen LogP contribution in [0.4, 0.5) is 0 Å². The summed E-state index contributed by atoms with van der Waals surface area (Å²) in [6, 6.07) is 53.0. The summed E-state index contributed by atoms with van der Waals surface area (Å²) < 4.78 is 4.96. The molecule has 0 bridgehead atoms. The number of hydrogen-bond acceptors (Lipinski definition) is 3. The molecular formula is C53H39N5. The first kappa shape index (κ1) is 33.1. The Balaban J connectivity index is 1.30. The molecule has 58 heavy (non-hydrogen) atoms. The molecule has 0 saturated carbocycles. The third-order valence-corrected chi connectivity index (χ3v) is 12.7. The topological polar surface area (TPSA) is 48.5 Å². The highest BCUT2D eigenvalue weighted by Gasteiger charge is 2.47. The first-order chi connectivity index (χ1) is 28.7. The van der Waals surface area contributed by atoms with Crippen molar-refractivity contribution in [3.05, 3.63) is 215 Å². The second-order valence-corrected chi connectivity index (χ2v) is 15.9. The van der Waals surface area contributed by atoms with Gasteiger partial charge < -0.3 is 4.57 Å². The van der Waals surface area contributed by atoms with Gasteiger partial charge in [0.1, 0.15) is 5.82 Å². The number of aromatic nitrogens is 5. The molecule has 9 aromatic rings. The van der Waals surface area contributed by atoms with E-state index in [-0.39, 0.29) is 5.92 Å². The number of rotatable bonds is 5. The fraction of sp³-hybridized carbons (Fsp3) is 0.113. The Kier molecular flexibility index (Phi) is 7.24. The standard InChI is InChI=1S/C53H39N5/c1-34-19-18-29-40-46-48-41(39-28-14-16-31-44(39)58(48)52-55-50(35-20-6-2-7-21-35)54-51(56-52)36-22-8-3-9-23-36)33-43-49(46)57(47(34)40)45-32-17-15-30-42(45)53(43,37-24-10-4-11-25-37)38-26-12-5-13-27-38/h2-18,20-22,24-34,36H,19,23H2,1H3. The summed E-state index contributed by atoms with van der Waals surface area (Å²) in [7, 11) is 0. The second kappa shape index (κ2) is 12.7. The van der Waals surface area contributed by atoms with Gasteiger partial charge in [-0.1, -0.05) is 171 Å². The van der Waals surface area contributed by atoms with Crippen LogP contribution in [0.2, 0.25) is 0 Å². The molecule has 3 aromatic heterocycles. The zero-order valence-electron chi connectivity index (χ0n) is 32.1. The van der Waals surface area contributed by atoms with Gasteiger partial charge in [-0.2, -0.15) is 9.97 Å². The Morgan fingerprint density at radius 3 is 2.07 bits per heavy atom. The Bertz CT molecular complexity index is 3150. The molecule has 2 atom stereocenters. The van der Waals surface area contributed by atoms with Crippen LogP contribution in [0.5, 0.6) is 0 Å². The van der Waals surface area contributed by atoms with E-state index in [2.05, 4.69) is 192 Å². The van der Waals surface area contributed by atoms with Crippen molar-refractivity contribution in [2.24, 2.45) is 0 Å². The van der Waals surface area contributed by atoms with Gasteiger partial charge >= 0.3 is 0 Å². The summed E-state index contributed by atoms with van der Waals surface area (Å²) >= 11 is 0. The first-order valence-electron chi connectivity index (χ1n) is 20.4. The molecule has 12 rings (SSSR count). The van der Waals surface area contributed by atoms with Gasteiger partial charge in [0.05, 0.1) is 27.7 Å². The van der Waals surface area contributed by atoms with Crippen molar-refractivity contribution in [3.8, 4) is 23.0 Å². The van der Waals surface area contributed by atoms with Crippen LogP contribution in [0, 0.1) is 0 Å². The molecule has 1 aliphatic heterocycles. The van der Waals surface area contributed by atoms with Crippen molar-refractivity contribution in [1.82, 2.24) is 24.1 Å². The maximum Gasteiger partial charge on any atom is 0.238 e. The molecule has 0 saturated heterocycles. The minimum atomic E-state index is -0.597. The highest BCUT2D eigenvalue weighted by molar-refractivity contribution is 6.22. The van der Waals surface area contributed by atoms with Gasteiger partial charge in [-0.05, 0) is 53.3 Å². The lowest BCUT2D eigenvalue weighted by Crippen LogP contribution is -2.35. The van der Waals surface area contributed by atoms with Crippen LogP contribution >= 0.6 is 0 Å². The smallest absolute Gasteiger partial charge is 0.238 e. The van der Waals surface area contributed by atoms with E-state index in [1.54, 1.807) is 0 Å². The van der Waals surface area contributed by atoms with Crippen LogP contribution in [0.1, 0.15) is 70.9 Å². The van der Waals surface area contributed by atoms with E-state index in [1.807, 2.05) is 6.07 Å². The van der Waals surface area contributed by atoms with E-state index in [1.165, 1.54) is 60.9 Å². The maximum absolute atomic E-state index is 5.41. The van der Waals surface area contributed by atoms with Crippen LogP contribution in [-0.4, -0.2) is 24.1 Å². The summed E-state index contributed by atoms with van der Waals surface area (Å²) in [6.07, 6.45) is 15.2. The van der Waals surface area contributed by atoms with Crippen molar-refractivity contribution >= 4 is 38.8 Å². The van der Waals surface area contributed by atoms with Gasteiger partial charge in [-0.3, -0.25) is 4.57 Å². The van der Waals surface area contributed by atoms with Crippen molar-refractivity contribution < 1.29 is 0 Å². The maximum atomic E-state index is 5.41. The SMILES string of the molecule is CC1CC=Cc2c1n1c3c(cc4c5ccccc5n(-c5nc(-c6ccccc6)nc(C6C=CC=CC6)n5)c4c23)C(c2ccccc2)(c2ccccc2)c2ccccc2-1. The molecule has 0 fully saturated rings. The third kappa shape index (κ3) is 4.56. The van der Waals surface area contributed by atoms with E-state index in [4.69, 9.17) is 15.0 Å². The zero-order chi connectivity index (χ0) is 38.4. The molecule has 6 aromatic carbocycles. The largest absolute Gasteiger partial charge is 0.312 e. The molecule has 5 heteroatoms. The lowest BCUT2D eigenvalue weighted by Gasteiger charge is -2.42. The van der Waals surface area contributed by atoms with Gasteiger partial charge in [0, 0.05) is 44.8 Å². The molecule has 4 heterocycles. The van der Waals surface area contributed by atoms with E-state index < -0.39 is 5.41 Å². The van der Waals surface area contributed by atoms with Gasteiger partial charge in [0.15, 0.2) is 5.82 Å². The number of fused-ring (bicyclic) bond motifs is 9. The summed E-state index contributed by atoms with van der Waals surface area (Å²) in [5, 5.41) is 3.59. The molecule has 0 radical (unpaired) electrons. The monoisotopic (exact) mass is 745 g/mol. The highest BCUT2D eigenvalue weighted by atomic mass is 15.2. The summed E-state index contributed by atoms with van der Waals surface area (Å²) in [6.45, 7) is 2.38. The Hall–Kier alpha value is -7.11. The van der Waals surface area contributed by atoms with Crippen molar-refractivity contribution in [3.63, 3.8) is 0 Å². The normalized spacial score (nSPS) is 17.5. The van der Waals surface area contributed by atoms with E-state index in [0.717, 1.165) is 35.3 Å². The number of nitrogens with zero attached hydrogens (tertiary/aromatic N) is 5. The third-order valence-electron chi connectivity index (χ3n) is 12.7. The molecule has 0 amide bonds. The van der Waals surface area contributed by atoms with Crippen molar-refractivity contribution in [1.29, 1.82) is 0 Å². The Morgan fingerprint density at radius 1 is 0.603 bits per heavy atom. The fourth-order valence-electron chi connectivity index (χ4n) is 10.3. The molecule has 3 aliphatic rings. The summed E-state index contributed by atoms with van der Waals surface area (Å²) in [5.74, 6) is 2.44. The van der Waals surface area contributed by atoms with E-state index >= 15 is 0 Å². The molecule has 0 N–H and O–H groups in total. The van der Waals surface area contributed by atoms with Crippen molar-refractivity contribution in [2.45, 2.75) is 37.0 Å². The average molecular weight is 746 g/mol. The Labute approximate surface area is 337 Å². The summed E-state index contributed by atoms with van der Waals surface area (Å²) in [4.78, 5) is 15.9. The fourth-order valence-corrected chi connectivity index (χ4v) is 10.3. The quantitative estimate of drug-likeness (QED) is 0.176. The average Bonchev–Trinajstić information content (AvgIpc) is 3.82. The molecular weight excluding hydrogens is 707 g/mol. The van der Waals surface area contributed by atoms with Crippen LogP contribution < -0.4 is 0 Å². The van der Waals surface area contributed by atoms with Crippen LogP contribution in [0.15, 0.2) is 176 Å². The predicted octanol–water partition coefficient (Wildman–Crippen LogP) is 12.4. The van der Waals surface area contributed by atoms with Gasteiger partial charge in [-0.15, -0.1) is 0 Å². The van der Waals surface area contributed by atoms with E-state index in [0.29, 0.717) is 17.7 Å². The number of hydrogen-bond donors (Lipinski definition) is 0. The minimum absolute atomic E-state index is 0.0472. The number of para-hydroxylation sites is 2. The molecule has 0 spiro atoms. The van der Waals surface area contributed by atoms with Crippen molar-refractivity contribution in [2.75, 3.05) is 0 Å². The minimum Gasteiger partial charge on any atom is -0.312 e. The molecule has 2 unspecified atom stereocenters. The second-order valence-electron chi connectivity index (χ2n) is 15.9. The highest BCUT2D eigenvalue weighted by Crippen LogP contribution is 2.57. The zero-order valence-corrected chi connectivity index (χ0v) is 32.1. The molecule has 5 nitrogen and oxygen atoms in total. The van der Waals surface area contributed by atoms with E-state index in [9.17, 15) is 0 Å². The van der Waals surface area contributed by atoms with Gasteiger partial charge in [0.25, 0.3) is 0 Å². The van der Waals surface area contributed by atoms with Gasteiger partial charge in [0.2, 0.25) is 5.95 Å². The van der Waals surface area contributed by atoms with Crippen LogP contribution in [-0.2, 0) is 5.41 Å². The lowest BCUT2D eigenvalue weighted by molar-refractivity contribution is 0.687. The number of benzene rings is 6. The lowest BCUT2D eigenvalue weighted by atomic mass is 9.63. The number of allylic oxidation sites excluding steroid dienone is 5. The molecule has 276 valence electrons. The first-order valence-corrected chi connectivity index (χ1v) is 20.4. The van der Waals surface area contributed by atoms with Crippen LogP contribution in [0.3, 0.4) is 0 Å². The molecule has 2 aliphatic carbocycles. The predicted molar refractivity (Wildman–Crippen MR) is 236 cm³/mol. The Morgan fingerprint density at radius 2 is 1.31 bits per heavy atom. The van der Waals surface area contributed by atoms with Gasteiger partial charge in [-0.25, -0.2) is 4.98 Å².